The Labute approximate surface area is 195 Å². The van der Waals surface area contributed by atoms with E-state index in [9.17, 15) is 9.59 Å². The third kappa shape index (κ3) is 6.44. The molecule has 5 heteroatoms. The number of rotatable bonds is 9. The Morgan fingerprint density at radius 3 is 2.03 bits per heavy atom. The third-order valence-electron chi connectivity index (χ3n) is 5.37. The van der Waals surface area contributed by atoms with E-state index in [0.29, 0.717) is 12.8 Å². The molecule has 2 N–H and O–H groups in total. The minimum Gasteiger partial charge on any atom is -0.343 e. The molecule has 0 spiro atoms. The van der Waals surface area contributed by atoms with Crippen molar-refractivity contribution in [1.82, 2.24) is 5.32 Å². The van der Waals surface area contributed by atoms with Crippen LogP contribution in [0.3, 0.4) is 0 Å². The Balaban J connectivity index is 1.81. The van der Waals surface area contributed by atoms with E-state index in [1.54, 1.807) is 13.8 Å². The van der Waals surface area contributed by atoms with Gasteiger partial charge in [0.2, 0.25) is 11.8 Å². The molecule has 1 unspecified atom stereocenters. The predicted molar refractivity (Wildman–Crippen MR) is 131 cm³/mol. The van der Waals surface area contributed by atoms with E-state index in [4.69, 9.17) is 11.6 Å². The lowest BCUT2D eigenvalue weighted by Gasteiger charge is -2.25. The molecule has 32 heavy (non-hydrogen) atoms. The number of carbonyl (C=O) groups excluding carboxylic acids is 2. The van der Waals surface area contributed by atoms with Gasteiger partial charge in [0.25, 0.3) is 0 Å². The van der Waals surface area contributed by atoms with E-state index in [1.807, 2.05) is 72.8 Å². The van der Waals surface area contributed by atoms with Gasteiger partial charge >= 0.3 is 0 Å². The average Bonchev–Trinajstić information content (AvgIpc) is 2.81. The van der Waals surface area contributed by atoms with Crippen molar-refractivity contribution >= 4 is 29.1 Å². The zero-order chi connectivity index (χ0) is 23.0. The largest absolute Gasteiger partial charge is 0.343 e. The Morgan fingerprint density at radius 2 is 1.41 bits per heavy atom. The van der Waals surface area contributed by atoms with Crippen molar-refractivity contribution in [3.8, 4) is 0 Å². The number of halogens is 1. The monoisotopic (exact) mass is 448 g/mol. The van der Waals surface area contributed by atoms with Crippen LogP contribution in [0.15, 0.2) is 84.9 Å². The van der Waals surface area contributed by atoms with Crippen molar-refractivity contribution in [3.63, 3.8) is 0 Å². The van der Waals surface area contributed by atoms with Crippen molar-refractivity contribution in [2.45, 2.75) is 32.7 Å². The molecule has 0 aliphatic carbocycles. The van der Waals surface area contributed by atoms with Gasteiger partial charge in [-0.05, 0) is 43.0 Å². The smallest absolute Gasteiger partial charge is 0.247 e. The molecule has 0 saturated heterocycles. The minimum atomic E-state index is -0.776. The van der Waals surface area contributed by atoms with Crippen LogP contribution in [0.25, 0.3) is 0 Å². The average molecular weight is 449 g/mol. The second-order valence-corrected chi connectivity index (χ2v) is 8.81. The highest BCUT2D eigenvalue weighted by atomic mass is 35.5. The fourth-order valence-electron chi connectivity index (χ4n) is 3.31. The second kappa shape index (κ2) is 11.0. The molecule has 166 valence electrons. The number of para-hydroxylation sites is 1. The lowest BCUT2D eigenvalue weighted by molar-refractivity contribution is -0.131. The van der Waals surface area contributed by atoms with Crippen molar-refractivity contribution in [2.24, 2.45) is 5.41 Å². The standard InChI is InChI=1S/C27H29ClN2O2/c1-27(2,19-28)26(32)30-24(18-21-13-7-4-8-14-21)25(31)29-23-16-10-9-15-22(23)17-20-11-5-3-6-12-20/h3-16,24H,17-19H2,1-2H3,(H,29,31)(H,30,32). The fourth-order valence-corrected chi connectivity index (χ4v) is 3.43. The molecular formula is C27H29ClN2O2. The molecule has 2 amide bonds. The van der Waals surface area contributed by atoms with Crippen molar-refractivity contribution in [3.05, 3.63) is 102 Å². The first-order valence-corrected chi connectivity index (χ1v) is 11.3. The Kier molecular flexibility index (Phi) is 8.07. The summed E-state index contributed by atoms with van der Waals surface area (Å²) in [4.78, 5) is 26.1. The highest BCUT2D eigenvalue weighted by Crippen LogP contribution is 2.21. The fraction of sp³-hybridized carbons (Fsp3) is 0.259. The lowest BCUT2D eigenvalue weighted by Crippen LogP contribution is -2.50. The molecular weight excluding hydrogens is 420 g/mol. The van der Waals surface area contributed by atoms with Gasteiger partial charge in [-0.15, -0.1) is 11.6 Å². The molecule has 3 rings (SSSR count). The molecule has 0 fully saturated rings. The number of anilines is 1. The quantitative estimate of drug-likeness (QED) is 0.441. The first-order valence-electron chi connectivity index (χ1n) is 10.7. The second-order valence-electron chi connectivity index (χ2n) is 8.54. The van der Waals surface area contributed by atoms with Crippen molar-refractivity contribution < 1.29 is 9.59 Å². The van der Waals surface area contributed by atoms with E-state index in [1.165, 1.54) is 0 Å². The maximum Gasteiger partial charge on any atom is 0.247 e. The number of carbonyl (C=O) groups is 2. The van der Waals surface area contributed by atoms with Crippen LogP contribution in [0.5, 0.6) is 0 Å². The summed E-state index contributed by atoms with van der Waals surface area (Å²) in [5, 5.41) is 5.95. The summed E-state index contributed by atoms with van der Waals surface area (Å²) in [5.41, 5.74) is 3.10. The van der Waals surface area contributed by atoms with Crippen LogP contribution in [0.2, 0.25) is 0 Å². The summed E-state index contributed by atoms with van der Waals surface area (Å²) in [6, 6.07) is 26.8. The minimum absolute atomic E-state index is 0.165. The van der Waals surface area contributed by atoms with Gasteiger partial charge in [0, 0.05) is 18.0 Å². The first kappa shape index (κ1) is 23.6. The summed E-state index contributed by atoms with van der Waals surface area (Å²) in [6.45, 7) is 3.53. The SMILES string of the molecule is CC(C)(CCl)C(=O)NC(Cc1ccccc1)C(=O)Nc1ccccc1Cc1ccccc1. The first-order chi connectivity index (χ1) is 15.4. The molecule has 0 radical (unpaired) electrons. The van der Waals surface area contributed by atoms with Gasteiger partial charge in [0.15, 0.2) is 0 Å². The Morgan fingerprint density at radius 1 is 0.844 bits per heavy atom. The number of benzene rings is 3. The molecule has 4 nitrogen and oxygen atoms in total. The molecule has 0 aromatic heterocycles. The number of nitrogens with one attached hydrogen (secondary N) is 2. The van der Waals surface area contributed by atoms with Gasteiger partial charge in [0.1, 0.15) is 6.04 Å². The summed E-state index contributed by atoms with van der Waals surface area (Å²) in [6.07, 6.45) is 1.09. The van der Waals surface area contributed by atoms with E-state index < -0.39 is 11.5 Å². The summed E-state index contributed by atoms with van der Waals surface area (Å²) < 4.78 is 0. The Bertz CT molecular complexity index is 1040. The van der Waals surface area contributed by atoms with E-state index in [-0.39, 0.29) is 17.7 Å². The van der Waals surface area contributed by atoms with Crippen LogP contribution in [-0.4, -0.2) is 23.7 Å². The number of hydrogen-bond donors (Lipinski definition) is 2. The van der Waals surface area contributed by atoms with Gasteiger partial charge in [0.05, 0.1) is 5.41 Å². The summed E-state index contributed by atoms with van der Waals surface area (Å²) in [7, 11) is 0. The van der Waals surface area contributed by atoms with Gasteiger partial charge < -0.3 is 10.6 Å². The van der Waals surface area contributed by atoms with E-state index in [2.05, 4.69) is 22.8 Å². The lowest BCUT2D eigenvalue weighted by atomic mass is 9.94. The maximum absolute atomic E-state index is 13.3. The number of hydrogen-bond acceptors (Lipinski definition) is 2. The van der Waals surface area contributed by atoms with Crippen LogP contribution in [0.4, 0.5) is 5.69 Å². The predicted octanol–water partition coefficient (Wildman–Crippen LogP) is 5.21. The molecule has 1 atom stereocenters. The Hall–Kier alpha value is -3.11. The maximum atomic E-state index is 13.3. The molecule has 0 aliphatic heterocycles. The summed E-state index contributed by atoms with van der Waals surface area (Å²) >= 11 is 5.98. The molecule has 0 aliphatic rings. The van der Waals surface area contributed by atoms with Crippen LogP contribution >= 0.6 is 11.6 Å². The van der Waals surface area contributed by atoms with Crippen LogP contribution < -0.4 is 10.6 Å². The molecule has 3 aromatic carbocycles. The zero-order valence-electron chi connectivity index (χ0n) is 18.5. The van der Waals surface area contributed by atoms with Crippen LogP contribution in [-0.2, 0) is 22.4 Å². The molecule has 0 saturated carbocycles. The molecule has 0 bridgehead atoms. The van der Waals surface area contributed by atoms with Crippen molar-refractivity contribution in [2.75, 3.05) is 11.2 Å². The van der Waals surface area contributed by atoms with E-state index in [0.717, 1.165) is 22.4 Å². The molecule has 0 heterocycles. The van der Waals surface area contributed by atoms with Crippen molar-refractivity contribution in [1.29, 1.82) is 0 Å². The zero-order valence-corrected chi connectivity index (χ0v) is 19.2. The van der Waals surface area contributed by atoms with Gasteiger partial charge in [-0.2, -0.15) is 0 Å². The highest BCUT2D eigenvalue weighted by Gasteiger charge is 2.31. The molecule has 3 aromatic rings. The number of amides is 2. The van der Waals surface area contributed by atoms with Crippen LogP contribution in [0.1, 0.15) is 30.5 Å². The van der Waals surface area contributed by atoms with Gasteiger partial charge in [-0.1, -0.05) is 78.9 Å². The third-order valence-corrected chi connectivity index (χ3v) is 6.03. The van der Waals surface area contributed by atoms with Gasteiger partial charge in [-0.3, -0.25) is 9.59 Å². The highest BCUT2D eigenvalue weighted by molar-refractivity contribution is 6.20. The normalized spacial score (nSPS) is 12.1. The van der Waals surface area contributed by atoms with Crippen LogP contribution in [0, 0.1) is 5.41 Å². The topological polar surface area (TPSA) is 58.2 Å². The number of alkyl halides is 1. The van der Waals surface area contributed by atoms with E-state index >= 15 is 0 Å². The van der Waals surface area contributed by atoms with Gasteiger partial charge in [-0.25, -0.2) is 0 Å². The summed E-state index contributed by atoms with van der Waals surface area (Å²) in [5.74, 6) is -0.340.